The van der Waals surface area contributed by atoms with E-state index in [-0.39, 0.29) is 5.91 Å². The number of carbonyl (C=O) groups excluding carboxylic acids is 1. The second-order valence-electron chi connectivity index (χ2n) is 6.86. The van der Waals surface area contributed by atoms with Gasteiger partial charge in [0.25, 0.3) is 5.91 Å². The van der Waals surface area contributed by atoms with Crippen molar-refractivity contribution < 1.29 is 23.7 Å². The molecule has 1 N–H and O–H groups in total. The lowest BCUT2D eigenvalue weighted by Crippen LogP contribution is -2.30. The molecule has 0 saturated carbocycles. The zero-order valence-corrected chi connectivity index (χ0v) is 17.6. The molecule has 1 unspecified atom stereocenters. The number of hydrogen-bond acceptors (Lipinski definition) is 5. The number of aryl methyl sites for hydroxylation is 1. The van der Waals surface area contributed by atoms with Crippen LogP contribution >= 0.6 is 0 Å². The molecule has 0 aliphatic carbocycles. The zero-order chi connectivity index (χ0) is 20.8. The monoisotopic (exact) mass is 387 g/mol. The van der Waals surface area contributed by atoms with Crippen LogP contribution in [-0.2, 0) is 4.79 Å². The molecule has 0 aliphatic heterocycles. The van der Waals surface area contributed by atoms with Crippen LogP contribution in [0.2, 0.25) is 0 Å². The molecule has 0 fully saturated rings. The van der Waals surface area contributed by atoms with E-state index in [2.05, 4.69) is 19.2 Å². The van der Waals surface area contributed by atoms with Gasteiger partial charge in [-0.05, 0) is 37.0 Å². The Bertz CT molecular complexity index is 807. The number of ether oxygens (including phenoxy) is 4. The van der Waals surface area contributed by atoms with E-state index < -0.39 is 6.10 Å². The topological polar surface area (TPSA) is 66.0 Å². The highest BCUT2D eigenvalue weighted by Crippen LogP contribution is 2.40. The van der Waals surface area contributed by atoms with Crippen LogP contribution in [0.3, 0.4) is 0 Å². The van der Waals surface area contributed by atoms with Crippen LogP contribution in [0, 0.1) is 6.92 Å². The molecule has 0 saturated heterocycles. The average Bonchev–Trinajstić information content (AvgIpc) is 2.66. The largest absolute Gasteiger partial charge is 0.493 e. The summed E-state index contributed by atoms with van der Waals surface area (Å²) in [7, 11) is 4.59. The molecular formula is C22H29NO5. The number of nitrogens with one attached hydrogen (secondary N) is 1. The van der Waals surface area contributed by atoms with Crippen LogP contribution in [0.15, 0.2) is 30.3 Å². The summed E-state index contributed by atoms with van der Waals surface area (Å²) in [4.78, 5) is 12.7. The minimum atomic E-state index is -0.682. The highest BCUT2D eigenvalue weighted by Gasteiger charge is 2.20. The fourth-order valence-electron chi connectivity index (χ4n) is 2.86. The van der Waals surface area contributed by atoms with E-state index in [0.29, 0.717) is 28.9 Å². The number of benzene rings is 2. The average molecular weight is 387 g/mol. The fraction of sp³-hybridized carbons (Fsp3) is 0.409. The summed E-state index contributed by atoms with van der Waals surface area (Å²) in [6.07, 6.45) is -0.682. The lowest BCUT2D eigenvalue weighted by atomic mass is 10.0. The molecule has 28 heavy (non-hydrogen) atoms. The Kier molecular flexibility index (Phi) is 7.15. The lowest BCUT2D eigenvalue weighted by molar-refractivity contribution is -0.122. The van der Waals surface area contributed by atoms with Gasteiger partial charge in [-0.2, -0.15) is 0 Å². The number of amides is 1. The van der Waals surface area contributed by atoms with Gasteiger partial charge in [0.2, 0.25) is 5.75 Å². The Morgan fingerprint density at radius 1 is 0.893 bits per heavy atom. The highest BCUT2D eigenvalue weighted by molar-refractivity contribution is 5.94. The predicted molar refractivity (Wildman–Crippen MR) is 110 cm³/mol. The lowest BCUT2D eigenvalue weighted by Gasteiger charge is -2.20. The minimum Gasteiger partial charge on any atom is -0.493 e. The van der Waals surface area contributed by atoms with E-state index in [1.54, 1.807) is 19.1 Å². The first-order chi connectivity index (χ1) is 13.3. The van der Waals surface area contributed by atoms with Gasteiger partial charge in [-0.1, -0.05) is 26.0 Å². The Hall–Kier alpha value is -2.89. The molecular weight excluding hydrogens is 358 g/mol. The smallest absolute Gasteiger partial charge is 0.265 e. The second kappa shape index (κ2) is 9.35. The molecule has 2 rings (SSSR count). The van der Waals surface area contributed by atoms with Crippen molar-refractivity contribution in [3.05, 3.63) is 41.5 Å². The summed E-state index contributed by atoms with van der Waals surface area (Å²) in [5, 5.41) is 2.85. The zero-order valence-electron chi connectivity index (χ0n) is 17.6. The van der Waals surface area contributed by atoms with Crippen LogP contribution in [0.4, 0.5) is 5.69 Å². The predicted octanol–water partition coefficient (Wildman–Crippen LogP) is 4.55. The number of anilines is 1. The molecule has 0 aromatic heterocycles. The summed E-state index contributed by atoms with van der Waals surface area (Å²) in [5.41, 5.74) is 2.68. The van der Waals surface area contributed by atoms with Gasteiger partial charge >= 0.3 is 0 Å². The van der Waals surface area contributed by atoms with Gasteiger partial charge in [0.15, 0.2) is 17.6 Å². The van der Waals surface area contributed by atoms with E-state index >= 15 is 0 Å². The van der Waals surface area contributed by atoms with Gasteiger partial charge in [0, 0.05) is 17.8 Å². The Labute approximate surface area is 166 Å². The number of hydrogen-bond donors (Lipinski definition) is 1. The van der Waals surface area contributed by atoms with Crippen molar-refractivity contribution in [3.63, 3.8) is 0 Å². The van der Waals surface area contributed by atoms with Gasteiger partial charge < -0.3 is 24.3 Å². The highest BCUT2D eigenvalue weighted by atomic mass is 16.5. The summed E-state index contributed by atoms with van der Waals surface area (Å²) in [6.45, 7) is 7.91. The molecule has 2 aromatic rings. The van der Waals surface area contributed by atoms with Crippen LogP contribution in [0.5, 0.6) is 23.0 Å². The quantitative estimate of drug-likeness (QED) is 0.720. The first-order valence-corrected chi connectivity index (χ1v) is 9.18. The summed E-state index contributed by atoms with van der Waals surface area (Å²) < 4.78 is 21.9. The molecule has 6 heteroatoms. The normalized spacial score (nSPS) is 11.7. The molecule has 1 amide bonds. The van der Waals surface area contributed by atoms with Crippen molar-refractivity contribution >= 4 is 11.6 Å². The molecule has 152 valence electrons. The Balaban J connectivity index is 2.20. The van der Waals surface area contributed by atoms with Crippen LogP contribution < -0.4 is 24.3 Å². The Morgan fingerprint density at radius 2 is 1.50 bits per heavy atom. The maximum atomic E-state index is 12.7. The second-order valence-corrected chi connectivity index (χ2v) is 6.86. The number of methoxy groups -OCH3 is 3. The molecule has 0 heterocycles. The van der Waals surface area contributed by atoms with Crippen molar-refractivity contribution in [2.45, 2.75) is 39.7 Å². The van der Waals surface area contributed by atoms with Crippen molar-refractivity contribution in [1.29, 1.82) is 0 Å². The van der Waals surface area contributed by atoms with E-state index in [4.69, 9.17) is 18.9 Å². The van der Waals surface area contributed by atoms with Crippen LogP contribution in [0.1, 0.15) is 37.8 Å². The number of rotatable bonds is 8. The van der Waals surface area contributed by atoms with E-state index in [9.17, 15) is 4.79 Å². The maximum absolute atomic E-state index is 12.7. The van der Waals surface area contributed by atoms with Gasteiger partial charge in [-0.3, -0.25) is 4.79 Å². The molecule has 0 spiro atoms. The van der Waals surface area contributed by atoms with E-state index in [1.807, 2.05) is 25.1 Å². The molecule has 0 aliphatic rings. The standard InChI is InChI=1S/C22H29NO5/c1-13(2)17-9-8-14(3)10-18(17)28-15(4)22(24)23-16-11-19(25-5)21(27-7)20(12-16)26-6/h8-13,15H,1-7H3,(H,23,24). The number of carbonyl (C=O) groups is 1. The summed E-state index contributed by atoms with van der Waals surface area (Å²) in [6, 6.07) is 9.40. The van der Waals surface area contributed by atoms with Crippen molar-refractivity contribution in [1.82, 2.24) is 0 Å². The molecule has 0 radical (unpaired) electrons. The first kappa shape index (κ1) is 21.4. The maximum Gasteiger partial charge on any atom is 0.265 e. The minimum absolute atomic E-state index is 0.273. The van der Waals surface area contributed by atoms with Crippen LogP contribution in [-0.4, -0.2) is 33.3 Å². The van der Waals surface area contributed by atoms with Gasteiger partial charge in [0.1, 0.15) is 5.75 Å². The van der Waals surface area contributed by atoms with Crippen molar-refractivity contribution in [2.75, 3.05) is 26.6 Å². The first-order valence-electron chi connectivity index (χ1n) is 9.18. The molecule has 6 nitrogen and oxygen atoms in total. The van der Waals surface area contributed by atoms with E-state index in [1.165, 1.54) is 21.3 Å². The van der Waals surface area contributed by atoms with Crippen molar-refractivity contribution in [2.24, 2.45) is 0 Å². The SMILES string of the molecule is COc1cc(NC(=O)C(C)Oc2cc(C)ccc2C(C)C)cc(OC)c1OC. The molecule has 2 aromatic carbocycles. The fourth-order valence-corrected chi connectivity index (χ4v) is 2.86. The molecule has 1 atom stereocenters. The van der Waals surface area contributed by atoms with Crippen molar-refractivity contribution in [3.8, 4) is 23.0 Å². The Morgan fingerprint density at radius 3 is 2.00 bits per heavy atom. The molecule has 0 bridgehead atoms. The van der Waals surface area contributed by atoms with Gasteiger partial charge in [-0.25, -0.2) is 0 Å². The summed E-state index contributed by atoms with van der Waals surface area (Å²) in [5.74, 6) is 2.14. The third-order valence-electron chi connectivity index (χ3n) is 4.40. The third-order valence-corrected chi connectivity index (χ3v) is 4.40. The van der Waals surface area contributed by atoms with E-state index in [0.717, 1.165) is 16.9 Å². The van der Waals surface area contributed by atoms with Gasteiger partial charge in [-0.15, -0.1) is 0 Å². The van der Waals surface area contributed by atoms with Crippen LogP contribution in [0.25, 0.3) is 0 Å². The summed E-state index contributed by atoms with van der Waals surface area (Å²) >= 11 is 0. The third kappa shape index (κ3) is 4.88. The van der Waals surface area contributed by atoms with Gasteiger partial charge in [0.05, 0.1) is 21.3 Å².